The van der Waals surface area contributed by atoms with E-state index in [0.29, 0.717) is 17.7 Å². The van der Waals surface area contributed by atoms with Gasteiger partial charge in [-0.05, 0) is 49.2 Å². The van der Waals surface area contributed by atoms with Gasteiger partial charge in [-0.1, -0.05) is 24.3 Å². The van der Waals surface area contributed by atoms with Gasteiger partial charge in [-0.2, -0.15) is 13.2 Å². The van der Waals surface area contributed by atoms with Crippen LogP contribution in [0.5, 0.6) is 0 Å². The molecule has 0 heterocycles. The highest BCUT2D eigenvalue weighted by molar-refractivity contribution is 5.92. The first-order valence-electron chi connectivity index (χ1n) is 7.41. The van der Waals surface area contributed by atoms with Crippen LogP contribution in [0.25, 0.3) is 0 Å². The van der Waals surface area contributed by atoms with Crippen molar-refractivity contribution in [2.75, 3.05) is 0 Å². The largest absolute Gasteiger partial charge is 0.416 e. The van der Waals surface area contributed by atoms with Gasteiger partial charge in [-0.15, -0.1) is 0 Å². The lowest BCUT2D eigenvalue weighted by Crippen LogP contribution is -2.36. The van der Waals surface area contributed by atoms with Crippen LogP contribution in [-0.4, -0.2) is 5.91 Å². The van der Waals surface area contributed by atoms with Gasteiger partial charge in [0, 0.05) is 17.6 Å². The monoisotopic (exact) mass is 336 g/mol. The predicted molar refractivity (Wildman–Crippen MR) is 86.3 cm³/mol. The smallest absolute Gasteiger partial charge is 0.366 e. The SMILES string of the molecule is CC(C)(NCc1cccc(C(N)=O)c1)c1cccc(C(F)(F)F)c1. The Kier molecular flexibility index (Phi) is 4.99. The molecule has 0 saturated carbocycles. The molecule has 0 aliphatic rings. The summed E-state index contributed by atoms with van der Waals surface area (Å²) in [6.45, 7) is 4.01. The molecule has 1 amide bonds. The zero-order chi connectivity index (χ0) is 18.0. The second kappa shape index (κ2) is 6.65. The van der Waals surface area contributed by atoms with Crippen LogP contribution < -0.4 is 11.1 Å². The number of alkyl halides is 3. The van der Waals surface area contributed by atoms with Crippen LogP contribution in [0.1, 0.15) is 40.9 Å². The Balaban J connectivity index is 2.17. The molecule has 0 aromatic heterocycles. The van der Waals surface area contributed by atoms with Gasteiger partial charge in [0.1, 0.15) is 0 Å². The first-order chi connectivity index (χ1) is 11.1. The van der Waals surface area contributed by atoms with Crippen molar-refractivity contribution >= 4 is 5.91 Å². The van der Waals surface area contributed by atoms with E-state index in [-0.39, 0.29) is 0 Å². The summed E-state index contributed by atoms with van der Waals surface area (Å²) in [6.07, 6.45) is -4.37. The molecule has 0 aliphatic heterocycles. The third-order valence-electron chi connectivity index (χ3n) is 3.86. The van der Waals surface area contributed by atoms with Crippen molar-refractivity contribution in [1.82, 2.24) is 5.32 Å². The molecule has 0 saturated heterocycles. The van der Waals surface area contributed by atoms with Crippen LogP contribution in [-0.2, 0) is 18.3 Å². The molecule has 0 aliphatic carbocycles. The van der Waals surface area contributed by atoms with Crippen molar-refractivity contribution in [3.63, 3.8) is 0 Å². The molecular weight excluding hydrogens is 317 g/mol. The lowest BCUT2D eigenvalue weighted by Gasteiger charge is -2.28. The van der Waals surface area contributed by atoms with E-state index in [1.807, 2.05) is 6.07 Å². The second-order valence-electron chi connectivity index (χ2n) is 6.12. The van der Waals surface area contributed by atoms with Crippen LogP contribution in [0.2, 0.25) is 0 Å². The highest BCUT2D eigenvalue weighted by Gasteiger charge is 2.32. The number of amides is 1. The molecule has 24 heavy (non-hydrogen) atoms. The minimum Gasteiger partial charge on any atom is -0.366 e. The fourth-order valence-corrected chi connectivity index (χ4v) is 2.34. The zero-order valence-electron chi connectivity index (χ0n) is 13.4. The van der Waals surface area contributed by atoms with Gasteiger partial charge in [-0.25, -0.2) is 0 Å². The van der Waals surface area contributed by atoms with Crippen molar-refractivity contribution in [3.8, 4) is 0 Å². The summed E-state index contributed by atoms with van der Waals surface area (Å²) in [6, 6.07) is 12.1. The van der Waals surface area contributed by atoms with Gasteiger partial charge in [-0.3, -0.25) is 4.79 Å². The maximum atomic E-state index is 12.9. The Morgan fingerprint density at radius 1 is 1.04 bits per heavy atom. The number of carbonyl (C=O) groups excluding carboxylic acids is 1. The van der Waals surface area contributed by atoms with Crippen molar-refractivity contribution < 1.29 is 18.0 Å². The predicted octanol–water partition coefficient (Wildman–Crippen LogP) is 3.83. The van der Waals surface area contributed by atoms with Gasteiger partial charge in [0.25, 0.3) is 0 Å². The molecule has 0 unspecified atom stereocenters. The molecule has 2 aromatic rings. The zero-order valence-corrected chi connectivity index (χ0v) is 13.4. The Morgan fingerprint density at radius 3 is 2.29 bits per heavy atom. The molecule has 6 heteroatoms. The van der Waals surface area contributed by atoms with E-state index in [9.17, 15) is 18.0 Å². The lowest BCUT2D eigenvalue weighted by atomic mass is 9.92. The molecule has 2 aromatic carbocycles. The first kappa shape index (κ1) is 18.0. The summed E-state index contributed by atoms with van der Waals surface area (Å²) in [7, 11) is 0. The molecule has 0 atom stereocenters. The first-order valence-corrected chi connectivity index (χ1v) is 7.41. The molecule has 2 rings (SSSR count). The Morgan fingerprint density at radius 2 is 1.67 bits per heavy atom. The van der Waals surface area contributed by atoms with Gasteiger partial charge >= 0.3 is 6.18 Å². The highest BCUT2D eigenvalue weighted by Crippen LogP contribution is 2.32. The third-order valence-corrected chi connectivity index (χ3v) is 3.86. The Hall–Kier alpha value is -2.34. The van der Waals surface area contributed by atoms with Crippen LogP contribution in [0.3, 0.4) is 0 Å². The number of halogens is 3. The summed E-state index contributed by atoms with van der Waals surface area (Å²) < 4.78 is 38.6. The van der Waals surface area contributed by atoms with Crippen LogP contribution in [0.4, 0.5) is 13.2 Å². The van der Waals surface area contributed by atoms with E-state index in [4.69, 9.17) is 5.73 Å². The Bertz CT molecular complexity index is 739. The van der Waals surface area contributed by atoms with E-state index in [2.05, 4.69) is 5.32 Å². The number of rotatable bonds is 5. The van der Waals surface area contributed by atoms with E-state index in [1.54, 1.807) is 38.1 Å². The van der Waals surface area contributed by atoms with E-state index in [0.717, 1.165) is 17.7 Å². The van der Waals surface area contributed by atoms with Gasteiger partial charge in [0.2, 0.25) is 5.91 Å². The molecule has 0 radical (unpaired) electrons. The Labute approximate surface area is 138 Å². The molecule has 3 nitrogen and oxygen atoms in total. The maximum Gasteiger partial charge on any atom is 0.416 e. The van der Waals surface area contributed by atoms with Gasteiger partial charge in [0.15, 0.2) is 0 Å². The molecule has 128 valence electrons. The number of nitrogens with one attached hydrogen (secondary N) is 1. The van der Waals surface area contributed by atoms with Crippen molar-refractivity contribution in [1.29, 1.82) is 0 Å². The van der Waals surface area contributed by atoms with Gasteiger partial charge in [0.05, 0.1) is 5.56 Å². The van der Waals surface area contributed by atoms with E-state index >= 15 is 0 Å². The lowest BCUT2D eigenvalue weighted by molar-refractivity contribution is -0.137. The number of primary amides is 1. The van der Waals surface area contributed by atoms with Gasteiger partial charge < -0.3 is 11.1 Å². The van der Waals surface area contributed by atoms with Crippen molar-refractivity contribution in [3.05, 3.63) is 70.8 Å². The number of hydrogen-bond acceptors (Lipinski definition) is 2. The minimum absolute atomic E-state index is 0.393. The molecule has 0 bridgehead atoms. The minimum atomic E-state index is -4.37. The quantitative estimate of drug-likeness (QED) is 0.872. The third kappa shape index (κ3) is 4.35. The molecule has 0 spiro atoms. The maximum absolute atomic E-state index is 12.9. The molecular formula is C18H19F3N2O. The standard InChI is InChI=1S/C18H19F3N2O/c1-17(2,14-7-4-8-15(10-14)18(19,20)21)23-11-12-5-3-6-13(9-12)16(22)24/h3-10,23H,11H2,1-2H3,(H2,22,24). The highest BCUT2D eigenvalue weighted by atomic mass is 19.4. The van der Waals surface area contributed by atoms with Crippen LogP contribution in [0.15, 0.2) is 48.5 Å². The number of carbonyl (C=O) groups is 1. The summed E-state index contributed by atoms with van der Waals surface area (Å²) >= 11 is 0. The van der Waals surface area contributed by atoms with E-state index in [1.165, 1.54) is 6.07 Å². The summed E-state index contributed by atoms with van der Waals surface area (Å²) in [5.74, 6) is -0.519. The fourth-order valence-electron chi connectivity index (χ4n) is 2.34. The summed E-state index contributed by atoms with van der Waals surface area (Å²) in [5.41, 5.74) is 5.65. The molecule has 3 N–H and O–H groups in total. The fraction of sp³-hybridized carbons (Fsp3) is 0.278. The number of benzene rings is 2. The average Bonchev–Trinajstić information content (AvgIpc) is 2.53. The normalized spacial score (nSPS) is 12.2. The van der Waals surface area contributed by atoms with Crippen molar-refractivity contribution in [2.45, 2.75) is 32.1 Å². The number of hydrogen-bond donors (Lipinski definition) is 2. The van der Waals surface area contributed by atoms with Crippen LogP contribution >= 0.6 is 0 Å². The second-order valence-corrected chi connectivity index (χ2v) is 6.12. The summed E-state index contributed by atoms with van der Waals surface area (Å²) in [5, 5.41) is 3.22. The van der Waals surface area contributed by atoms with E-state index < -0.39 is 23.2 Å². The van der Waals surface area contributed by atoms with Crippen LogP contribution in [0, 0.1) is 0 Å². The molecule has 0 fully saturated rings. The summed E-state index contributed by atoms with van der Waals surface area (Å²) in [4.78, 5) is 11.2. The number of nitrogens with two attached hydrogens (primary N) is 1. The topological polar surface area (TPSA) is 55.1 Å². The van der Waals surface area contributed by atoms with Crippen molar-refractivity contribution in [2.24, 2.45) is 5.73 Å². The average molecular weight is 336 g/mol.